The van der Waals surface area contributed by atoms with Crippen molar-refractivity contribution in [3.05, 3.63) is 46.5 Å². The summed E-state index contributed by atoms with van der Waals surface area (Å²) in [5.41, 5.74) is 5.81. The summed E-state index contributed by atoms with van der Waals surface area (Å²) in [5, 5.41) is 2.80. The van der Waals surface area contributed by atoms with Crippen LogP contribution in [0.15, 0.2) is 24.3 Å². The van der Waals surface area contributed by atoms with Crippen molar-refractivity contribution in [1.29, 1.82) is 0 Å². The second-order valence-corrected chi connectivity index (χ2v) is 6.02. The summed E-state index contributed by atoms with van der Waals surface area (Å²) in [6, 6.07) is 9.31. The van der Waals surface area contributed by atoms with E-state index in [4.69, 9.17) is 0 Å². The van der Waals surface area contributed by atoms with E-state index in [9.17, 15) is 0 Å². The van der Waals surface area contributed by atoms with E-state index in [0.29, 0.717) is 11.8 Å². The summed E-state index contributed by atoms with van der Waals surface area (Å²) in [6.07, 6.45) is 0. The normalized spacial score (nSPS) is 11.8. The van der Waals surface area contributed by atoms with Crippen LogP contribution in [0.2, 0.25) is 0 Å². The maximum absolute atomic E-state index is 2.37. The van der Waals surface area contributed by atoms with Gasteiger partial charge >= 0.3 is 0 Å². The monoisotopic (exact) mass is 240 g/mol. The number of rotatable bonds is 2. The molecule has 0 spiro atoms. The van der Waals surface area contributed by atoms with Gasteiger partial charge in [0.25, 0.3) is 0 Å². The van der Waals surface area contributed by atoms with Crippen molar-refractivity contribution in [2.45, 2.75) is 53.4 Å². The number of fused-ring (bicyclic) bond motifs is 1. The quantitative estimate of drug-likeness (QED) is 0.631. The largest absolute Gasteiger partial charge is 0.0587 e. The molecule has 2 aromatic rings. The van der Waals surface area contributed by atoms with Gasteiger partial charge in [0.1, 0.15) is 0 Å². The second-order valence-electron chi connectivity index (χ2n) is 6.02. The Labute approximate surface area is 111 Å². The average molecular weight is 240 g/mol. The van der Waals surface area contributed by atoms with Gasteiger partial charge in [-0.05, 0) is 58.7 Å². The third-order valence-corrected chi connectivity index (χ3v) is 3.96. The number of benzene rings is 2. The fourth-order valence-electron chi connectivity index (χ4n) is 2.91. The van der Waals surface area contributed by atoms with E-state index in [1.807, 2.05) is 0 Å². The van der Waals surface area contributed by atoms with Crippen LogP contribution in [0, 0.1) is 13.8 Å². The van der Waals surface area contributed by atoms with Crippen LogP contribution in [0.5, 0.6) is 0 Å². The summed E-state index contributed by atoms with van der Waals surface area (Å²) < 4.78 is 0. The van der Waals surface area contributed by atoms with Crippen molar-refractivity contribution in [1.82, 2.24) is 0 Å². The van der Waals surface area contributed by atoms with Crippen LogP contribution in [0.4, 0.5) is 0 Å². The highest BCUT2D eigenvalue weighted by atomic mass is 14.1. The predicted octanol–water partition coefficient (Wildman–Crippen LogP) is 5.70. The molecular formula is C18H24. The molecule has 0 aliphatic carbocycles. The van der Waals surface area contributed by atoms with Gasteiger partial charge in [0.2, 0.25) is 0 Å². The first kappa shape index (κ1) is 13.1. The van der Waals surface area contributed by atoms with Gasteiger partial charge in [-0.25, -0.2) is 0 Å². The molecule has 0 radical (unpaired) electrons. The molecule has 0 amide bonds. The molecule has 0 nitrogen and oxygen atoms in total. The molecule has 0 heteroatoms. The Balaban J connectivity index is 2.73. The Kier molecular flexibility index (Phi) is 3.47. The van der Waals surface area contributed by atoms with E-state index >= 15 is 0 Å². The fraction of sp³-hybridized carbons (Fsp3) is 0.444. The van der Waals surface area contributed by atoms with E-state index in [2.05, 4.69) is 65.8 Å². The van der Waals surface area contributed by atoms with Gasteiger partial charge in [0, 0.05) is 0 Å². The van der Waals surface area contributed by atoms with Gasteiger partial charge in [-0.1, -0.05) is 52.0 Å². The number of aryl methyl sites for hydroxylation is 2. The van der Waals surface area contributed by atoms with Gasteiger partial charge < -0.3 is 0 Å². The predicted molar refractivity (Wildman–Crippen MR) is 81.6 cm³/mol. The van der Waals surface area contributed by atoms with Crippen LogP contribution in [-0.4, -0.2) is 0 Å². The van der Waals surface area contributed by atoms with Crippen LogP contribution in [0.25, 0.3) is 10.8 Å². The Hall–Kier alpha value is -1.30. The van der Waals surface area contributed by atoms with E-state index in [1.165, 1.54) is 33.0 Å². The zero-order chi connectivity index (χ0) is 13.4. The van der Waals surface area contributed by atoms with E-state index in [-0.39, 0.29) is 0 Å². The molecule has 0 aliphatic rings. The first-order chi connectivity index (χ1) is 8.41. The summed E-state index contributed by atoms with van der Waals surface area (Å²) in [5.74, 6) is 1.19. The van der Waals surface area contributed by atoms with Gasteiger partial charge in [-0.2, -0.15) is 0 Å². The molecule has 0 saturated heterocycles. The summed E-state index contributed by atoms with van der Waals surface area (Å²) in [4.78, 5) is 0. The minimum Gasteiger partial charge on any atom is -0.0587 e. The van der Waals surface area contributed by atoms with Crippen LogP contribution in [-0.2, 0) is 0 Å². The molecule has 0 aliphatic heterocycles. The number of hydrogen-bond donors (Lipinski definition) is 0. The molecular weight excluding hydrogens is 216 g/mol. The van der Waals surface area contributed by atoms with Crippen LogP contribution in [0.1, 0.15) is 61.8 Å². The maximum Gasteiger partial charge on any atom is -0.0149 e. The second kappa shape index (κ2) is 4.76. The highest BCUT2D eigenvalue weighted by Crippen LogP contribution is 2.31. The van der Waals surface area contributed by atoms with Crippen molar-refractivity contribution in [2.75, 3.05) is 0 Å². The van der Waals surface area contributed by atoms with Crippen LogP contribution >= 0.6 is 0 Å². The Bertz CT molecular complexity index is 568. The van der Waals surface area contributed by atoms with E-state index < -0.39 is 0 Å². The summed E-state index contributed by atoms with van der Waals surface area (Å²) >= 11 is 0. The maximum atomic E-state index is 2.37. The SMILES string of the molecule is Cc1cc2c(C)c(C(C)C)ccc2cc1C(C)C. The zero-order valence-electron chi connectivity index (χ0n) is 12.5. The van der Waals surface area contributed by atoms with Gasteiger partial charge in [0.15, 0.2) is 0 Å². The molecule has 0 aromatic heterocycles. The van der Waals surface area contributed by atoms with Crippen molar-refractivity contribution in [3.8, 4) is 0 Å². The molecule has 2 aromatic carbocycles. The molecule has 0 atom stereocenters. The minimum atomic E-state index is 0.597. The third-order valence-electron chi connectivity index (χ3n) is 3.96. The molecule has 0 bridgehead atoms. The Morgan fingerprint density at radius 3 is 1.94 bits per heavy atom. The lowest BCUT2D eigenvalue weighted by atomic mass is 9.89. The lowest BCUT2D eigenvalue weighted by molar-refractivity contribution is 0.855. The zero-order valence-corrected chi connectivity index (χ0v) is 12.5. The highest BCUT2D eigenvalue weighted by Gasteiger charge is 2.10. The third kappa shape index (κ3) is 2.16. The molecule has 96 valence electrons. The first-order valence-corrected chi connectivity index (χ1v) is 6.95. The average Bonchev–Trinajstić information content (AvgIpc) is 2.28. The van der Waals surface area contributed by atoms with Crippen LogP contribution in [0.3, 0.4) is 0 Å². The Morgan fingerprint density at radius 1 is 0.778 bits per heavy atom. The van der Waals surface area contributed by atoms with Crippen molar-refractivity contribution < 1.29 is 0 Å². The van der Waals surface area contributed by atoms with Gasteiger partial charge in [-0.3, -0.25) is 0 Å². The minimum absolute atomic E-state index is 0.597. The molecule has 0 saturated carbocycles. The fourth-order valence-corrected chi connectivity index (χ4v) is 2.91. The summed E-state index contributed by atoms with van der Waals surface area (Å²) in [7, 11) is 0. The highest BCUT2D eigenvalue weighted by molar-refractivity contribution is 5.88. The molecule has 2 rings (SSSR count). The molecule has 0 N–H and O–H groups in total. The summed E-state index contributed by atoms with van der Waals surface area (Å²) in [6.45, 7) is 13.6. The smallest absolute Gasteiger partial charge is 0.0149 e. The van der Waals surface area contributed by atoms with Crippen LogP contribution < -0.4 is 0 Å². The molecule has 18 heavy (non-hydrogen) atoms. The lowest BCUT2D eigenvalue weighted by Crippen LogP contribution is -1.96. The topological polar surface area (TPSA) is 0 Å². The molecule has 0 unspecified atom stereocenters. The molecule has 0 heterocycles. The van der Waals surface area contributed by atoms with Gasteiger partial charge in [0.05, 0.1) is 0 Å². The standard InChI is InChI=1S/C18H24/c1-11(2)16-8-7-15-10-17(12(3)4)13(5)9-18(15)14(16)6/h7-12H,1-6H3. The molecule has 0 fully saturated rings. The van der Waals surface area contributed by atoms with Crippen molar-refractivity contribution >= 4 is 10.8 Å². The van der Waals surface area contributed by atoms with Crippen molar-refractivity contribution in [3.63, 3.8) is 0 Å². The lowest BCUT2D eigenvalue weighted by Gasteiger charge is -2.16. The first-order valence-electron chi connectivity index (χ1n) is 6.95. The Morgan fingerprint density at radius 2 is 1.39 bits per heavy atom. The van der Waals surface area contributed by atoms with E-state index in [0.717, 1.165) is 0 Å². The number of hydrogen-bond acceptors (Lipinski definition) is 0. The van der Waals surface area contributed by atoms with Crippen molar-refractivity contribution in [2.24, 2.45) is 0 Å². The van der Waals surface area contributed by atoms with Gasteiger partial charge in [-0.15, -0.1) is 0 Å². The van der Waals surface area contributed by atoms with E-state index in [1.54, 1.807) is 0 Å².